The van der Waals surface area contributed by atoms with Crippen molar-refractivity contribution >= 4 is 22.6 Å². The standard InChI is InChI=1S/C17H17N3O/c1-13-6-9-18-16(12-13)19-17(21)8-11-20-10-7-14-4-2-3-5-15(14)20/h2-7,9-10,12H,8,11H2,1H3,(H,18,19,21). The smallest absolute Gasteiger partial charge is 0.227 e. The molecule has 0 fully saturated rings. The molecule has 3 rings (SSSR count). The number of fused-ring (bicyclic) bond motifs is 1. The second-order valence-corrected chi connectivity index (χ2v) is 5.08. The lowest BCUT2D eigenvalue weighted by Crippen LogP contribution is -2.15. The fourth-order valence-corrected chi connectivity index (χ4v) is 2.37. The van der Waals surface area contributed by atoms with E-state index in [9.17, 15) is 4.79 Å². The van der Waals surface area contributed by atoms with Gasteiger partial charge in [-0.25, -0.2) is 4.98 Å². The second kappa shape index (κ2) is 5.79. The number of nitrogens with one attached hydrogen (secondary N) is 1. The first-order valence-corrected chi connectivity index (χ1v) is 6.99. The monoisotopic (exact) mass is 279 g/mol. The van der Waals surface area contributed by atoms with Gasteiger partial charge < -0.3 is 9.88 Å². The van der Waals surface area contributed by atoms with E-state index in [1.807, 2.05) is 37.4 Å². The lowest BCUT2D eigenvalue weighted by molar-refractivity contribution is -0.116. The van der Waals surface area contributed by atoms with Crippen LogP contribution in [0.4, 0.5) is 5.82 Å². The summed E-state index contributed by atoms with van der Waals surface area (Å²) in [5, 5.41) is 4.02. The van der Waals surface area contributed by atoms with Crippen molar-refractivity contribution in [2.24, 2.45) is 0 Å². The summed E-state index contributed by atoms with van der Waals surface area (Å²) in [5.41, 5.74) is 2.23. The second-order valence-electron chi connectivity index (χ2n) is 5.08. The number of hydrogen-bond acceptors (Lipinski definition) is 2. The van der Waals surface area contributed by atoms with E-state index < -0.39 is 0 Å². The summed E-state index contributed by atoms with van der Waals surface area (Å²) < 4.78 is 2.10. The number of hydrogen-bond donors (Lipinski definition) is 1. The van der Waals surface area contributed by atoms with E-state index in [4.69, 9.17) is 0 Å². The third kappa shape index (κ3) is 3.11. The Morgan fingerprint density at radius 3 is 2.95 bits per heavy atom. The molecule has 0 aliphatic carbocycles. The minimum absolute atomic E-state index is 0.0223. The van der Waals surface area contributed by atoms with Crippen molar-refractivity contribution in [3.63, 3.8) is 0 Å². The number of aromatic nitrogens is 2. The number of nitrogens with zero attached hydrogens (tertiary/aromatic N) is 2. The van der Waals surface area contributed by atoms with E-state index in [0.29, 0.717) is 18.8 Å². The highest BCUT2D eigenvalue weighted by molar-refractivity contribution is 5.90. The lowest BCUT2D eigenvalue weighted by Gasteiger charge is -2.07. The van der Waals surface area contributed by atoms with Crippen LogP contribution in [-0.4, -0.2) is 15.5 Å². The van der Waals surface area contributed by atoms with Crippen LogP contribution in [0.15, 0.2) is 54.9 Å². The highest BCUT2D eigenvalue weighted by atomic mass is 16.1. The van der Waals surface area contributed by atoms with E-state index in [1.165, 1.54) is 5.39 Å². The van der Waals surface area contributed by atoms with Crippen LogP contribution >= 0.6 is 0 Å². The molecule has 0 bridgehead atoms. The maximum atomic E-state index is 12.0. The topological polar surface area (TPSA) is 46.9 Å². The van der Waals surface area contributed by atoms with Crippen molar-refractivity contribution in [2.45, 2.75) is 19.9 Å². The fraction of sp³-hybridized carbons (Fsp3) is 0.176. The molecule has 1 amide bonds. The van der Waals surface area contributed by atoms with E-state index in [2.05, 4.69) is 33.1 Å². The highest BCUT2D eigenvalue weighted by Crippen LogP contribution is 2.15. The zero-order valence-electron chi connectivity index (χ0n) is 11.9. The van der Waals surface area contributed by atoms with Crippen LogP contribution < -0.4 is 5.32 Å². The first-order chi connectivity index (χ1) is 10.2. The maximum Gasteiger partial charge on any atom is 0.227 e. The zero-order chi connectivity index (χ0) is 14.7. The van der Waals surface area contributed by atoms with E-state index in [0.717, 1.165) is 11.1 Å². The zero-order valence-corrected chi connectivity index (χ0v) is 11.9. The van der Waals surface area contributed by atoms with Gasteiger partial charge in [0.1, 0.15) is 5.82 Å². The summed E-state index contributed by atoms with van der Waals surface area (Å²) in [4.78, 5) is 16.1. The molecular weight excluding hydrogens is 262 g/mol. The SMILES string of the molecule is Cc1ccnc(NC(=O)CCn2ccc3ccccc32)c1. The molecule has 4 heteroatoms. The molecule has 0 spiro atoms. The predicted molar refractivity (Wildman–Crippen MR) is 84.2 cm³/mol. The number of carbonyl (C=O) groups excluding carboxylic acids is 1. The van der Waals surface area contributed by atoms with Crippen LogP contribution in [0.2, 0.25) is 0 Å². The summed E-state index contributed by atoms with van der Waals surface area (Å²) in [5.74, 6) is 0.586. The van der Waals surface area contributed by atoms with Crippen molar-refractivity contribution in [2.75, 3.05) is 5.32 Å². The van der Waals surface area contributed by atoms with Crippen molar-refractivity contribution < 1.29 is 4.79 Å². The van der Waals surface area contributed by atoms with Crippen LogP contribution in [-0.2, 0) is 11.3 Å². The molecule has 2 heterocycles. The molecule has 2 aromatic heterocycles. The first kappa shape index (κ1) is 13.4. The third-order valence-electron chi connectivity index (χ3n) is 3.44. The Labute approximate surface area is 123 Å². The molecule has 106 valence electrons. The Morgan fingerprint density at radius 2 is 2.10 bits per heavy atom. The molecule has 0 saturated heterocycles. The Morgan fingerprint density at radius 1 is 1.24 bits per heavy atom. The number of carbonyl (C=O) groups is 1. The number of amides is 1. The number of anilines is 1. The van der Waals surface area contributed by atoms with Gasteiger partial charge in [-0.3, -0.25) is 4.79 Å². The normalized spacial score (nSPS) is 10.7. The molecule has 0 unspecified atom stereocenters. The van der Waals surface area contributed by atoms with Crippen LogP contribution in [0, 0.1) is 6.92 Å². The van der Waals surface area contributed by atoms with Gasteiger partial charge in [0.2, 0.25) is 5.91 Å². The number of para-hydroxylation sites is 1. The molecule has 0 radical (unpaired) electrons. The van der Waals surface area contributed by atoms with Crippen molar-refractivity contribution in [1.82, 2.24) is 9.55 Å². The Bertz CT molecular complexity index is 776. The molecule has 21 heavy (non-hydrogen) atoms. The van der Waals surface area contributed by atoms with Gasteiger partial charge in [-0.05, 0) is 42.1 Å². The van der Waals surface area contributed by atoms with Crippen molar-refractivity contribution in [3.8, 4) is 0 Å². The van der Waals surface area contributed by atoms with E-state index >= 15 is 0 Å². The molecule has 3 aromatic rings. The molecule has 0 atom stereocenters. The van der Waals surface area contributed by atoms with Crippen LogP contribution in [0.3, 0.4) is 0 Å². The van der Waals surface area contributed by atoms with Gasteiger partial charge in [0.15, 0.2) is 0 Å². The first-order valence-electron chi connectivity index (χ1n) is 6.99. The van der Waals surface area contributed by atoms with E-state index in [1.54, 1.807) is 6.20 Å². The summed E-state index contributed by atoms with van der Waals surface area (Å²) in [6, 6.07) is 14.0. The summed E-state index contributed by atoms with van der Waals surface area (Å²) in [6.07, 6.45) is 4.14. The molecule has 1 aromatic carbocycles. The predicted octanol–water partition coefficient (Wildman–Crippen LogP) is 3.37. The summed E-state index contributed by atoms with van der Waals surface area (Å²) >= 11 is 0. The van der Waals surface area contributed by atoms with Gasteiger partial charge in [0, 0.05) is 30.9 Å². The minimum atomic E-state index is -0.0223. The third-order valence-corrected chi connectivity index (χ3v) is 3.44. The molecule has 1 N–H and O–H groups in total. The van der Waals surface area contributed by atoms with Crippen LogP contribution in [0.5, 0.6) is 0 Å². The van der Waals surface area contributed by atoms with Gasteiger partial charge in [-0.2, -0.15) is 0 Å². The fourth-order valence-electron chi connectivity index (χ4n) is 2.37. The number of rotatable bonds is 4. The van der Waals surface area contributed by atoms with Gasteiger partial charge in [-0.15, -0.1) is 0 Å². The molecule has 0 aliphatic rings. The molecule has 0 saturated carbocycles. The molecular formula is C17H17N3O. The highest BCUT2D eigenvalue weighted by Gasteiger charge is 2.05. The Kier molecular flexibility index (Phi) is 3.69. The van der Waals surface area contributed by atoms with Gasteiger partial charge in [-0.1, -0.05) is 18.2 Å². The Balaban J connectivity index is 1.63. The minimum Gasteiger partial charge on any atom is -0.347 e. The van der Waals surface area contributed by atoms with Crippen molar-refractivity contribution in [1.29, 1.82) is 0 Å². The average molecular weight is 279 g/mol. The number of benzene rings is 1. The summed E-state index contributed by atoms with van der Waals surface area (Å²) in [6.45, 7) is 2.63. The van der Waals surface area contributed by atoms with Gasteiger partial charge in [0.25, 0.3) is 0 Å². The summed E-state index contributed by atoms with van der Waals surface area (Å²) in [7, 11) is 0. The number of aryl methyl sites for hydroxylation is 2. The molecule has 4 nitrogen and oxygen atoms in total. The number of pyridine rings is 1. The Hall–Kier alpha value is -2.62. The van der Waals surface area contributed by atoms with Gasteiger partial charge >= 0.3 is 0 Å². The quantitative estimate of drug-likeness (QED) is 0.796. The van der Waals surface area contributed by atoms with Crippen molar-refractivity contribution in [3.05, 3.63) is 60.4 Å². The van der Waals surface area contributed by atoms with Crippen LogP contribution in [0.25, 0.3) is 10.9 Å². The lowest BCUT2D eigenvalue weighted by atomic mass is 10.2. The maximum absolute atomic E-state index is 12.0. The van der Waals surface area contributed by atoms with Gasteiger partial charge in [0.05, 0.1) is 0 Å². The molecule has 0 aliphatic heterocycles. The average Bonchev–Trinajstić information content (AvgIpc) is 2.88. The van der Waals surface area contributed by atoms with Crippen LogP contribution in [0.1, 0.15) is 12.0 Å². The largest absolute Gasteiger partial charge is 0.347 e. The van der Waals surface area contributed by atoms with E-state index in [-0.39, 0.29) is 5.91 Å².